The van der Waals surface area contributed by atoms with Crippen LogP contribution in [-0.4, -0.2) is 41.4 Å². The summed E-state index contributed by atoms with van der Waals surface area (Å²) in [5.41, 5.74) is 0.0874. The van der Waals surface area contributed by atoms with Crippen LogP contribution in [-0.2, 0) is 4.74 Å². The highest BCUT2D eigenvalue weighted by Gasteiger charge is 2.32. The van der Waals surface area contributed by atoms with Gasteiger partial charge in [-0.25, -0.2) is 0 Å². The van der Waals surface area contributed by atoms with E-state index in [2.05, 4.69) is 10.3 Å². The third-order valence-electron chi connectivity index (χ3n) is 2.90. The molecule has 1 saturated heterocycles. The van der Waals surface area contributed by atoms with Gasteiger partial charge in [0.15, 0.2) is 0 Å². The van der Waals surface area contributed by atoms with E-state index in [4.69, 9.17) is 16.3 Å². The van der Waals surface area contributed by atoms with Gasteiger partial charge >= 0.3 is 0 Å². The van der Waals surface area contributed by atoms with Gasteiger partial charge in [0.2, 0.25) is 0 Å². The van der Waals surface area contributed by atoms with Gasteiger partial charge in [-0.3, -0.25) is 9.78 Å². The first-order chi connectivity index (χ1) is 8.50. The Kier molecular flexibility index (Phi) is 3.85. The van der Waals surface area contributed by atoms with Gasteiger partial charge in [-0.2, -0.15) is 0 Å². The molecule has 1 aliphatic heterocycles. The number of hydrogen-bond donors (Lipinski definition) is 2. The van der Waals surface area contributed by atoms with Crippen molar-refractivity contribution >= 4 is 17.5 Å². The number of hydrogen-bond acceptors (Lipinski definition) is 4. The summed E-state index contributed by atoms with van der Waals surface area (Å²) in [5.74, 6) is -0.340. The number of carbonyl (C=O) groups excluding carboxylic acids is 1. The second-order valence-corrected chi connectivity index (χ2v) is 4.92. The number of aliphatic hydroxyl groups is 1. The van der Waals surface area contributed by atoms with Gasteiger partial charge < -0.3 is 15.2 Å². The van der Waals surface area contributed by atoms with Crippen molar-refractivity contribution < 1.29 is 14.6 Å². The quantitative estimate of drug-likeness (QED) is 0.857. The first-order valence-corrected chi connectivity index (χ1v) is 6.08. The molecule has 2 N–H and O–H groups in total. The molecule has 1 atom stereocenters. The Morgan fingerprint density at radius 2 is 2.50 bits per heavy atom. The van der Waals surface area contributed by atoms with Crippen molar-refractivity contribution in [1.29, 1.82) is 0 Å². The van der Waals surface area contributed by atoms with Gasteiger partial charge in [-0.15, -0.1) is 0 Å². The summed E-state index contributed by atoms with van der Waals surface area (Å²) < 4.78 is 5.10. The number of amides is 1. The van der Waals surface area contributed by atoms with Crippen molar-refractivity contribution in [3.63, 3.8) is 0 Å². The Balaban J connectivity index is 1.99. The molecule has 0 radical (unpaired) electrons. The predicted octanol–water partition coefficient (Wildman–Crippen LogP) is 0.925. The van der Waals surface area contributed by atoms with E-state index in [0.717, 1.165) is 5.69 Å². The van der Waals surface area contributed by atoms with Gasteiger partial charge in [0.1, 0.15) is 5.60 Å². The molecule has 0 aromatic carbocycles. The minimum Gasteiger partial charge on any atom is -0.386 e. The maximum Gasteiger partial charge on any atom is 0.254 e. The number of halogens is 1. The molecule has 1 fully saturated rings. The summed E-state index contributed by atoms with van der Waals surface area (Å²) in [7, 11) is 0. The molecular formula is C12H15ClN2O3. The average Bonchev–Trinajstić information content (AvgIpc) is 2.74. The summed E-state index contributed by atoms with van der Waals surface area (Å²) in [5, 5.41) is 13.0. The average molecular weight is 271 g/mol. The lowest BCUT2D eigenvalue weighted by Crippen LogP contribution is -2.43. The molecule has 1 aromatic heterocycles. The van der Waals surface area contributed by atoms with Gasteiger partial charge in [0.05, 0.1) is 17.2 Å². The molecule has 1 aromatic rings. The first kappa shape index (κ1) is 13.3. The smallest absolute Gasteiger partial charge is 0.254 e. The fraction of sp³-hybridized carbons (Fsp3) is 0.500. The van der Waals surface area contributed by atoms with E-state index in [-0.39, 0.29) is 19.1 Å². The van der Waals surface area contributed by atoms with Crippen LogP contribution >= 0.6 is 11.6 Å². The lowest BCUT2D eigenvalue weighted by Gasteiger charge is -2.20. The Hall–Kier alpha value is -1.17. The largest absolute Gasteiger partial charge is 0.386 e. The second-order valence-electron chi connectivity index (χ2n) is 4.52. The third kappa shape index (κ3) is 2.98. The number of carbonyl (C=O) groups is 1. The zero-order chi connectivity index (χ0) is 13.2. The van der Waals surface area contributed by atoms with Crippen LogP contribution in [0.25, 0.3) is 0 Å². The van der Waals surface area contributed by atoms with Gasteiger partial charge in [0, 0.05) is 31.5 Å². The Bertz CT molecular complexity index is 459. The monoisotopic (exact) mass is 270 g/mol. The number of ether oxygens (including phenoxy) is 1. The van der Waals surface area contributed by atoms with Crippen molar-refractivity contribution in [3.8, 4) is 0 Å². The lowest BCUT2D eigenvalue weighted by atomic mass is 10.0. The van der Waals surface area contributed by atoms with Crippen LogP contribution in [0.3, 0.4) is 0 Å². The van der Waals surface area contributed by atoms with E-state index < -0.39 is 5.60 Å². The predicted molar refractivity (Wildman–Crippen MR) is 66.7 cm³/mol. The number of pyridine rings is 1. The van der Waals surface area contributed by atoms with E-state index in [0.29, 0.717) is 23.6 Å². The SMILES string of the molecule is Cc1cc(Cl)c(C(=O)NCC2(O)CCOC2)cn1. The number of rotatable bonds is 3. The Morgan fingerprint density at radius 1 is 1.72 bits per heavy atom. The number of aryl methyl sites for hydroxylation is 1. The van der Waals surface area contributed by atoms with E-state index in [1.165, 1.54) is 6.20 Å². The molecule has 1 unspecified atom stereocenters. The van der Waals surface area contributed by atoms with Crippen LogP contribution < -0.4 is 5.32 Å². The summed E-state index contributed by atoms with van der Waals surface area (Å²) in [4.78, 5) is 15.9. The van der Waals surface area contributed by atoms with Crippen molar-refractivity contribution in [2.24, 2.45) is 0 Å². The van der Waals surface area contributed by atoms with Crippen molar-refractivity contribution in [3.05, 3.63) is 28.5 Å². The van der Waals surface area contributed by atoms with Gasteiger partial charge in [0.25, 0.3) is 5.91 Å². The summed E-state index contributed by atoms with van der Waals surface area (Å²) >= 11 is 5.97. The lowest BCUT2D eigenvalue weighted by molar-refractivity contribution is 0.0264. The van der Waals surface area contributed by atoms with Gasteiger partial charge in [-0.05, 0) is 13.0 Å². The molecule has 18 heavy (non-hydrogen) atoms. The van der Waals surface area contributed by atoms with E-state index in [9.17, 15) is 9.90 Å². The highest BCUT2D eigenvalue weighted by molar-refractivity contribution is 6.33. The van der Waals surface area contributed by atoms with Crippen molar-refractivity contribution in [2.75, 3.05) is 19.8 Å². The number of aromatic nitrogens is 1. The summed E-state index contributed by atoms with van der Waals surface area (Å²) in [6.45, 7) is 2.70. The van der Waals surface area contributed by atoms with E-state index in [1.54, 1.807) is 13.0 Å². The third-order valence-corrected chi connectivity index (χ3v) is 3.21. The molecule has 1 amide bonds. The first-order valence-electron chi connectivity index (χ1n) is 5.71. The van der Waals surface area contributed by atoms with E-state index in [1.807, 2.05) is 0 Å². The number of nitrogens with zero attached hydrogens (tertiary/aromatic N) is 1. The molecule has 1 aliphatic rings. The normalized spacial score (nSPS) is 23.1. The highest BCUT2D eigenvalue weighted by Crippen LogP contribution is 2.18. The summed E-state index contributed by atoms with van der Waals surface area (Å²) in [6, 6.07) is 1.63. The van der Waals surface area contributed by atoms with E-state index >= 15 is 0 Å². The highest BCUT2D eigenvalue weighted by atomic mass is 35.5. The molecule has 0 spiro atoms. The minimum absolute atomic E-state index is 0.149. The van der Waals surface area contributed by atoms with Crippen LogP contribution in [0.2, 0.25) is 5.02 Å². The van der Waals surface area contributed by atoms with Crippen LogP contribution in [0.1, 0.15) is 22.5 Å². The molecule has 0 saturated carbocycles. The molecule has 2 rings (SSSR count). The van der Waals surface area contributed by atoms with Crippen LogP contribution in [0, 0.1) is 6.92 Å². The standard InChI is InChI=1S/C12H15ClN2O3/c1-8-4-10(13)9(5-14-8)11(16)15-6-12(17)2-3-18-7-12/h4-5,17H,2-3,6-7H2,1H3,(H,15,16). The molecular weight excluding hydrogens is 256 g/mol. The summed E-state index contributed by atoms with van der Waals surface area (Å²) in [6.07, 6.45) is 1.95. The fourth-order valence-electron chi connectivity index (χ4n) is 1.77. The van der Waals surface area contributed by atoms with Crippen molar-refractivity contribution in [1.82, 2.24) is 10.3 Å². The maximum absolute atomic E-state index is 11.9. The molecule has 98 valence electrons. The second kappa shape index (κ2) is 5.22. The van der Waals surface area contributed by atoms with Crippen LogP contribution in [0.15, 0.2) is 12.3 Å². The zero-order valence-corrected chi connectivity index (χ0v) is 10.8. The molecule has 0 aliphatic carbocycles. The molecule has 0 bridgehead atoms. The zero-order valence-electron chi connectivity index (χ0n) is 10.1. The maximum atomic E-state index is 11.9. The molecule has 6 heteroatoms. The van der Waals surface area contributed by atoms with Gasteiger partial charge in [-0.1, -0.05) is 11.6 Å². The number of nitrogens with one attached hydrogen (secondary N) is 1. The Labute approximate surface area is 110 Å². The minimum atomic E-state index is -0.972. The Morgan fingerprint density at radius 3 is 3.11 bits per heavy atom. The fourth-order valence-corrected chi connectivity index (χ4v) is 2.06. The molecule has 5 nitrogen and oxygen atoms in total. The van der Waals surface area contributed by atoms with Crippen LogP contribution in [0.5, 0.6) is 0 Å². The molecule has 2 heterocycles. The topological polar surface area (TPSA) is 71.5 Å². The van der Waals surface area contributed by atoms with Crippen LogP contribution in [0.4, 0.5) is 0 Å². The van der Waals surface area contributed by atoms with Crippen molar-refractivity contribution in [2.45, 2.75) is 18.9 Å².